The zero-order chi connectivity index (χ0) is 7.28. The monoisotopic (exact) mass is 130 g/mol. The first-order chi connectivity index (χ1) is 4.13. The summed E-state index contributed by atoms with van der Waals surface area (Å²) in [5, 5.41) is 11.6. The Morgan fingerprint density at radius 2 is 2.44 bits per heavy atom. The number of hydrogen-bond acceptors (Lipinski definition) is 3. The maximum atomic E-state index is 8.73. The third-order valence-corrected chi connectivity index (χ3v) is 0.743. The molecule has 4 N–H and O–H groups in total. The molecule has 54 valence electrons. The van der Waals surface area contributed by atoms with Crippen molar-refractivity contribution in [3.8, 4) is 0 Å². The Hall–Kier alpha value is -0.700. The van der Waals surface area contributed by atoms with Crippen LogP contribution in [0.15, 0.2) is 11.9 Å². The molecule has 0 aliphatic heterocycles. The Kier molecular flexibility index (Phi) is 3.88. The van der Waals surface area contributed by atoms with Gasteiger partial charge in [0.15, 0.2) is 0 Å². The van der Waals surface area contributed by atoms with Crippen molar-refractivity contribution in [1.29, 1.82) is 0 Å². The van der Waals surface area contributed by atoms with Gasteiger partial charge in [-0.25, -0.2) is 0 Å². The standard InChI is InChI=1S/C6H14N2O/c1-5(7)3-8-4-6(2)9/h3,6,8-9H,4,7H2,1-2H3/b5-3+. The van der Waals surface area contributed by atoms with Crippen molar-refractivity contribution in [3.05, 3.63) is 11.9 Å². The van der Waals surface area contributed by atoms with Gasteiger partial charge in [-0.15, -0.1) is 0 Å². The summed E-state index contributed by atoms with van der Waals surface area (Å²) >= 11 is 0. The third-order valence-electron chi connectivity index (χ3n) is 0.743. The molecule has 0 saturated carbocycles. The Labute approximate surface area is 55.6 Å². The highest BCUT2D eigenvalue weighted by Crippen LogP contribution is 1.77. The van der Waals surface area contributed by atoms with Crippen LogP contribution in [0.1, 0.15) is 13.8 Å². The van der Waals surface area contributed by atoms with Crippen molar-refractivity contribution < 1.29 is 5.11 Å². The zero-order valence-corrected chi connectivity index (χ0v) is 5.89. The first-order valence-corrected chi connectivity index (χ1v) is 2.96. The molecule has 0 bridgehead atoms. The summed E-state index contributed by atoms with van der Waals surface area (Å²) in [7, 11) is 0. The van der Waals surface area contributed by atoms with E-state index < -0.39 is 0 Å². The fourth-order valence-electron chi connectivity index (χ4n) is 0.390. The molecular formula is C6H14N2O. The van der Waals surface area contributed by atoms with Crippen LogP contribution >= 0.6 is 0 Å². The first-order valence-electron chi connectivity index (χ1n) is 2.96. The predicted octanol–water partition coefficient (Wildman–Crippen LogP) is -0.223. The molecule has 0 radical (unpaired) electrons. The minimum Gasteiger partial charge on any atom is -0.401 e. The van der Waals surface area contributed by atoms with Crippen LogP contribution in [0, 0.1) is 0 Å². The van der Waals surface area contributed by atoms with E-state index in [1.807, 2.05) is 0 Å². The number of allylic oxidation sites excluding steroid dienone is 1. The van der Waals surface area contributed by atoms with Crippen molar-refractivity contribution in [3.63, 3.8) is 0 Å². The molecule has 0 rings (SSSR count). The van der Waals surface area contributed by atoms with Crippen LogP contribution in [0.3, 0.4) is 0 Å². The van der Waals surface area contributed by atoms with Gasteiger partial charge in [-0.3, -0.25) is 0 Å². The minimum absolute atomic E-state index is 0.319. The van der Waals surface area contributed by atoms with Gasteiger partial charge in [-0.2, -0.15) is 0 Å². The van der Waals surface area contributed by atoms with Gasteiger partial charge in [0, 0.05) is 18.4 Å². The van der Waals surface area contributed by atoms with Crippen LogP contribution < -0.4 is 11.1 Å². The second-order valence-corrected chi connectivity index (χ2v) is 2.15. The number of nitrogens with two attached hydrogens (primary N) is 1. The van der Waals surface area contributed by atoms with Crippen LogP contribution in [0.25, 0.3) is 0 Å². The molecule has 0 fully saturated rings. The number of aliphatic hydroxyl groups is 1. The molecule has 1 atom stereocenters. The number of nitrogens with one attached hydrogen (secondary N) is 1. The molecule has 0 heterocycles. The molecule has 0 saturated heterocycles. The lowest BCUT2D eigenvalue weighted by Gasteiger charge is -2.02. The van der Waals surface area contributed by atoms with Gasteiger partial charge in [0.25, 0.3) is 0 Å². The average Bonchev–Trinajstić information content (AvgIpc) is 1.63. The average molecular weight is 130 g/mol. The Balaban J connectivity index is 3.20. The molecule has 3 heteroatoms. The van der Waals surface area contributed by atoms with E-state index in [0.717, 1.165) is 5.70 Å². The van der Waals surface area contributed by atoms with E-state index in [-0.39, 0.29) is 6.10 Å². The number of rotatable bonds is 3. The molecule has 0 spiro atoms. The maximum Gasteiger partial charge on any atom is 0.0684 e. The van der Waals surface area contributed by atoms with Crippen molar-refractivity contribution in [1.82, 2.24) is 5.32 Å². The van der Waals surface area contributed by atoms with Crippen molar-refractivity contribution in [2.75, 3.05) is 6.54 Å². The molecule has 1 unspecified atom stereocenters. The molecule has 9 heavy (non-hydrogen) atoms. The fourth-order valence-corrected chi connectivity index (χ4v) is 0.390. The summed E-state index contributed by atoms with van der Waals surface area (Å²) in [5.74, 6) is 0. The van der Waals surface area contributed by atoms with Gasteiger partial charge < -0.3 is 16.2 Å². The summed E-state index contributed by atoms with van der Waals surface area (Å²) in [4.78, 5) is 0. The lowest BCUT2D eigenvalue weighted by molar-refractivity contribution is 0.196. The molecule has 0 aliphatic carbocycles. The van der Waals surface area contributed by atoms with E-state index in [1.54, 1.807) is 20.0 Å². The van der Waals surface area contributed by atoms with E-state index in [9.17, 15) is 0 Å². The summed E-state index contributed by atoms with van der Waals surface area (Å²) in [5.41, 5.74) is 6.01. The highest BCUT2D eigenvalue weighted by molar-refractivity contribution is 4.89. The molecule has 0 amide bonds. The molecule has 0 aromatic rings. The van der Waals surface area contributed by atoms with E-state index in [0.29, 0.717) is 6.54 Å². The van der Waals surface area contributed by atoms with Crippen LogP contribution in [0.4, 0.5) is 0 Å². The van der Waals surface area contributed by atoms with E-state index in [2.05, 4.69) is 5.32 Å². The second-order valence-electron chi connectivity index (χ2n) is 2.15. The van der Waals surface area contributed by atoms with Crippen LogP contribution in [-0.4, -0.2) is 17.8 Å². The highest BCUT2D eigenvalue weighted by atomic mass is 16.3. The predicted molar refractivity (Wildman–Crippen MR) is 37.6 cm³/mol. The molecule has 0 aromatic carbocycles. The SMILES string of the molecule is C/C(N)=C\NCC(C)O. The smallest absolute Gasteiger partial charge is 0.0684 e. The molecule has 0 aliphatic rings. The van der Waals surface area contributed by atoms with Gasteiger partial charge in [-0.1, -0.05) is 0 Å². The van der Waals surface area contributed by atoms with Gasteiger partial charge in [0.2, 0.25) is 0 Å². The maximum absolute atomic E-state index is 8.73. The molecule has 3 nitrogen and oxygen atoms in total. The third kappa shape index (κ3) is 7.30. The summed E-state index contributed by atoms with van der Waals surface area (Å²) in [6, 6.07) is 0. The topological polar surface area (TPSA) is 58.3 Å². The Bertz CT molecular complexity index is 95.2. The van der Waals surface area contributed by atoms with Crippen molar-refractivity contribution in [2.24, 2.45) is 5.73 Å². The van der Waals surface area contributed by atoms with Crippen LogP contribution in [-0.2, 0) is 0 Å². The van der Waals surface area contributed by atoms with E-state index in [1.165, 1.54) is 0 Å². The van der Waals surface area contributed by atoms with Gasteiger partial charge in [0.1, 0.15) is 0 Å². The molecular weight excluding hydrogens is 116 g/mol. The van der Waals surface area contributed by atoms with Gasteiger partial charge >= 0.3 is 0 Å². The Morgan fingerprint density at radius 3 is 2.78 bits per heavy atom. The number of aliphatic hydroxyl groups excluding tert-OH is 1. The zero-order valence-electron chi connectivity index (χ0n) is 5.89. The van der Waals surface area contributed by atoms with Crippen LogP contribution in [0.2, 0.25) is 0 Å². The second kappa shape index (κ2) is 4.21. The lowest BCUT2D eigenvalue weighted by atomic mass is 10.4. The fraction of sp³-hybridized carbons (Fsp3) is 0.667. The highest BCUT2D eigenvalue weighted by Gasteiger charge is 1.88. The summed E-state index contributed by atoms with van der Waals surface area (Å²) in [6.07, 6.45) is 1.35. The first kappa shape index (κ1) is 8.30. The normalized spacial score (nSPS) is 15.2. The largest absolute Gasteiger partial charge is 0.401 e. The van der Waals surface area contributed by atoms with Gasteiger partial charge in [0.05, 0.1) is 6.10 Å². The minimum atomic E-state index is -0.319. The Morgan fingerprint density at radius 1 is 1.89 bits per heavy atom. The summed E-state index contributed by atoms with van der Waals surface area (Å²) < 4.78 is 0. The van der Waals surface area contributed by atoms with E-state index in [4.69, 9.17) is 10.8 Å². The summed E-state index contributed by atoms with van der Waals surface area (Å²) in [6.45, 7) is 4.05. The van der Waals surface area contributed by atoms with Crippen molar-refractivity contribution >= 4 is 0 Å². The van der Waals surface area contributed by atoms with Gasteiger partial charge in [-0.05, 0) is 13.8 Å². The van der Waals surface area contributed by atoms with Crippen molar-refractivity contribution in [2.45, 2.75) is 20.0 Å². The molecule has 0 aromatic heterocycles. The number of hydrogen-bond donors (Lipinski definition) is 3. The van der Waals surface area contributed by atoms with Crippen LogP contribution in [0.5, 0.6) is 0 Å². The van der Waals surface area contributed by atoms with E-state index >= 15 is 0 Å². The lowest BCUT2D eigenvalue weighted by Crippen LogP contribution is -2.20. The quantitative estimate of drug-likeness (QED) is 0.495.